The van der Waals surface area contributed by atoms with Crippen LogP contribution in [0.1, 0.15) is 33.6 Å². The second kappa shape index (κ2) is 6.75. The average Bonchev–Trinajstić information content (AvgIpc) is 2.97. The van der Waals surface area contributed by atoms with Crippen molar-refractivity contribution < 1.29 is 28.2 Å². The number of carbonyl (C=O) groups is 2. The number of carbonyl (C=O) groups excluding carboxylic acids is 1. The van der Waals surface area contributed by atoms with Gasteiger partial charge < -0.3 is 19.6 Å². The number of ether oxygens (including phenoxy) is 1. The summed E-state index contributed by atoms with van der Waals surface area (Å²) in [7, 11) is 0. The number of aromatic carboxylic acids is 1. The lowest BCUT2D eigenvalue weighted by Gasteiger charge is -2.07. The van der Waals surface area contributed by atoms with Crippen molar-refractivity contribution in [3.63, 3.8) is 0 Å². The van der Waals surface area contributed by atoms with Crippen molar-refractivity contribution in [2.24, 2.45) is 0 Å². The minimum Gasteiger partial charge on any atom is -0.491 e. The van der Waals surface area contributed by atoms with E-state index in [2.05, 4.69) is 5.32 Å². The van der Waals surface area contributed by atoms with Gasteiger partial charge in [0.2, 0.25) is 5.76 Å². The van der Waals surface area contributed by atoms with Crippen LogP contribution in [-0.2, 0) is 6.54 Å². The topological polar surface area (TPSA) is 88.8 Å². The van der Waals surface area contributed by atoms with Gasteiger partial charge in [-0.1, -0.05) is 6.07 Å². The van der Waals surface area contributed by atoms with E-state index >= 15 is 0 Å². The van der Waals surface area contributed by atoms with Crippen LogP contribution in [0.5, 0.6) is 5.75 Å². The van der Waals surface area contributed by atoms with E-state index in [0.717, 1.165) is 0 Å². The second-order valence-electron chi connectivity index (χ2n) is 4.35. The molecule has 7 heteroatoms. The Labute approximate surface area is 125 Å². The predicted molar refractivity (Wildman–Crippen MR) is 74.4 cm³/mol. The highest BCUT2D eigenvalue weighted by Gasteiger charge is 2.14. The second-order valence-corrected chi connectivity index (χ2v) is 4.35. The van der Waals surface area contributed by atoms with Crippen molar-refractivity contribution in [2.45, 2.75) is 13.5 Å². The van der Waals surface area contributed by atoms with E-state index in [9.17, 15) is 14.0 Å². The van der Waals surface area contributed by atoms with Crippen LogP contribution >= 0.6 is 0 Å². The molecule has 0 bridgehead atoms. The van der Waals surface area contributed by atoms with Crippen LogP contribution < -0.4 is 10.1 Å². The highest BCUT2D eigenvalue weighted by molar-refractivity contribution is 5.93. The molecule has 2 aromatic rings. The molecule has 1 amide bonds. The van der Waals surface area contributed by atoms with E-state index in [1.807, 2.05) is 0 Å². The van der Waals surface area contributed by atoms with E-state index in [1.165, 1.54) is 24.3 Å². The lowest BCUT2D eigenvalue weighted by molar-refractivity contribution is 0.0659. The molecule has 2 N–H and O–H groups in total. The highest BCUT2D eigenvalue weighted by Crippen LogP contribution is 2.18. The molecule has 0 atom stereocenters. The Hall–Kier alpha value is -2.83. The third-order valence-corrected chi connectivity index (χ3v) is 2.79. The van der Waals surface area contributed by atoms with Gasteiger partial charge in [0.25, 0.3) is 5.91 Å². The Bertz CT molecular complexity index is 695. The number of carboxylic acids is 1. The highest BCUT2D eigenvalue weighted by atomic mass is 19.1. The summed E-state index contributed by atoms with van der Waals surface area (Å²) in [6.07, 6.45) is 0. The molecule has 6 nitrogen and oxygen atoms in total. The van der Waals surface area contributed by atoms with Crippen molar-refractivity contribution in [1.82, 2.24) is 5.32 Å². The maximum atomic E-state index is 13.7. The van der Waals surface area contributed by atoms with Crippen LogP contribution in [0, 0.1) is 5.82 Å². The molecular formula is C15H14FNO5. The number of rotatable bonds is 6. The van der Waals surface area contributed by atoms with Gasteiger partial charge in [-0.25, -0.2) is 9.18 Å². The molecule has 116 valence electrons. The average molecular weight is 307 g/mol. The Kier molecular flexibility index (Phi) is 4.77. The lowest BCUT2D eigenvalue weighted by Crippen LogP contribution is -2.22. The molecule has 22 heavy (non-hydrogen) atoms. The minimum atomic E-state index is -1.26. The quantitative estimate of drug-likeness (QED) is 0.855. The molecule has 2 rings (SSSR count). The number of amides is 1. The molecule has 0 aliphatic rings. The minimum absolute atomic E-state index is 0.0747. The Morgan fingerprint density at radius 3 is 2.59 bits per heavy atom. The summed E-state index contributed by atoms with van der Waals surface area (Å²) in [6, 6.07) is 6.82. The lowest BCUT2D eigenvalue weighted by atomic mass is 10.2. The summed E-state index contributed by atoms with van der Waals surface area (Å²) in [6.45, 7) is 2.19. The Morgan fingerprint density at radius 2 is 2.00 bits per heavy atom. The first-order valence-electron chi connectivity index (χ1n) is 6.53. The number of hydrogen-bond donors (Lipinski definition) is 2. The van der Waals surface area contributed by atoms with Gasteiger partial charge in [-0.15, -0.1) is 0 Å². The van der Waals surface area contributed by atoms with Gasteiger partial charge in [-0.3, -0.25) is 4.79 Å². The van der Waals surface area contributed by atoms with Crippen LogP contribution in [0.15, 0.2) is 34.7 Å². The number of nitrogens with one attached hydrogen (secondary N) is 1. The summed E-state index contributed by atoms with van der Waals surface area (Å²) in [5.74, 6) is -2.65. The largest absolute Gasteiger partial charge is 0.491 e. The van der Waals surface area contributed by atoms with E-state index in [1.54, 1.807) is 13.0 Å². The van der Waals surface area contributed by atoms with E-state index < -0.39 is 17.7 Å². The number of benzene rings is 1. The number of halogens is 1. The first-order valence-corrected chi connectivity index (χ1v) is 6.53. The monoisotopic (exact) mass is 307 g/mol. The zero-order valence-electron chi connectivity index (χ0n) is 11.8. The third kappa shape index (κ3) is 3.63. The predicted octanol–water partition coefficient (Wildman–Crippen LogP) is 2.45. The summed E-state index contributed by atoms with van der Waals surface area (Å²) < 4.78 is 23.6. The van der Waals surface area contributed by atoms with Gasteiger partial charge in [0.1, 0.15) is 0 Å². The van der Waals surface area contributed by atoms with Gasteiger partial charge in [-0.2, -0.15) is 0 Å². The third-order valence-electron chi connectivity index (χ3n) is 2.79. The first-order chi connectivity index (χ1) is 10.5. The maximum Gasteiger partial charge on any atom is 0.371 e. The fourth-order valence-electron chi connectivity index (χ4n) is 1.77. The van der Waals surface area contributed by atoms with Gasteiger partial charge in [0.05, 0.1) is 6.61 Å². The first kappa shape index (κ1) is 15.6. The van der Waals surface area contributed by atoms with E-state index in [0.29, 0.717) is 12.2 Å². The Morgan fingerprint density at radius 1 is 1.27 bits per heavy atom. The Balaban J connectivity index is 1.98. The maximum absolute atomic E-state index is 13.7. The molecule has 0 radical (unpaired) electrons. The SMILES string of the molecule is CCOc1ccc(CNC(=O)c2ccc(C(=O)O)o2)cc1F. The van der Waals surface area contributed by atoms with Gasteiger partial charge in [0.15, 0.2) is 17.3 Å². The molecule has 0 fully saturated rings. The number of carboxylic acid groups (broad SMARTS) is 1. The van der Waals surface area contributed by atoms with Crippen LogP contribution in [0.4, 0.5) is 4.39 Å². The molecule has 0 saturated carbocycles. The molecule has 0 aliphatic heterocycles. The van der Waals surface area contributed by atoms with Gasteiger partial charge in [0, 0.05) is 6.54 Å². The van der Waals surface area contributed by atoms with Crippen molar-refractivity contribution in [3.05, 3.63) is 53.2 Å². The normalized spacial score (nSPS) is 10.3. The summed E-state index contributed by atoms with van der Waals surface area (Å²) in [5.41, 5.74) is 0.541. The molecule has 0 aliphatic carbocycles. The summed E-state index contributed by atoms with van der Waals surface area (Å²) in [5, 5.41) is 11.2. The van der Waals surface area contributed by atoms with Crippen molar-refractivity contribution in [3.8, 4) is 5.75 Å². The van der Waals surface area contributed by atoms with Crippen molar-refractivity contribution in [1.29, 1.82) is 0 Å². The fourth-order valence-corrected chi connectivity index (χ4v) is 1.77. The standard InChI is InChI=1S/C15H14FNO5/c1-2-21-11-4-3-9(7-10(11)16)8-17-14(18)12-5-6-13(22-12)15(19)20/h3-7H,2,8H2,1H3,(H,17,18)(H,19,20). The zero-order chi connectivity index (χ0) is 16.1. The molecule has 0 unspecified atom stereocenters. The number of furan rings is 1. The van der Waals surface area contributed by atoms with Crippen molar-refractivity contribution in [2.75, 3.05) is 6.61 Å². The zero-order valence-corrected chi connectivity index (χ0v) is 11.8. The number of hydrogen-bond acceptors (Lipinski definition) is 4. The van der Waals surface area contributed by atoms with E-state index in [4.69, 9.17) is 14.3 Å². The van der Waals surface area contributed by atoms with Gasteiger partial charge >= 0.3 is 5.97 Å². The molecule has 0 saturated heterocycles. The van der Waals surface area contributed by atoms with Gasteiger partial charge in [-0.05, 0) is 36.8 Å². The van der Waals surface area contributed by atoms with Crippen LogP contribution in [0.3, 0.4) is 0 Å². The molecule has 1 heterocycles. The molecule has 1 aromatic carbocycles. The summed E-state index contributed by atoms with van der Waals surface area (Å²) in [4.78, 5) is 22.5. The van der Waals surface area contributed by atoms with Crippen LogP contribution in [0.2, 0.25) is 0 Å². The van der Waals surface area contributed by atoms with Crippen LogP contribution in [0.25, 0.3) is 0 Å². The van der Waals surface area contributed by atoms with E-state index in [-0.39, 0.29) is 23.8 Å². The van der Waals surface area contributed by atoms with Crippen LogP contribution in [-0.4, -0.2) is 23.6 Å². The molecule has 1 aromatic heterocycles. The smallest absolute Gasteiger partial charge is 0.371 e. The fraction of sp³-hybridized carbons (Fsp3) is 0.200. The molecular weight excluding hydrogens is 293 g/mol. The summed E-state index contributed by atoms with van der Waals surface area (Å²) >= 11 is 0. The molecule has 0 spiro atoms. The van der Waals surface area contributed by atoms with Crippen molar-refractivity contribution >= 4 is 11.9 Å².